The zero-order valence-corrected chi connectivity index (χ0v) is 21.1. The van der Waals surface area contributed by atoms with E-state index in [4.69, 9.17) is 4.74 Å². The van der Waals surface area contributed by atoms with Crippen LogP contribution in [-0.4, -0.2) is 23.8 Å². The third-order valence-electron chi connectivity index (χ3n) is 5.40. The Balaban J connectivity index is 0.00000841. The summed E-state index contributed by atoms with van der Waals surface area (Å²) in [6.45, 7) is 7.26. The lowest BCUT2D eigenvalue weighted by atomic mass is 10.1. The van der Waals surface area contributed by atoms with E-state index in [9.17, 15) is 4.79 Å². The summed E-state index contributed by atoms with van der Waals surface area (Å²) in [6, 6.07) is 0. The van der Waals surface area contributed by atoms with Crippen molar-refractivity contribution in [1.82, 2.24) is 9.88 Å². The highest BCUT2D eigenvalue weighted by Gasteiger charge is 2.06. The van der Waals surface area contributed by atoms with Crippen LogP contribution in [0.2, 0.25) is 0 Å². The van der Waals surface area contributed by atoms with Gasteiger partial charge in [0.2, 0.25) is 6.33 Å². The number of aromatic nitrogens is 2. The Morgan fingerprint density at radius 3 is 2.03 bits per heavy atom. The van der Waals surface area contributed by atoms with Crippen LogP contribution in [-0.2, 0) is 17.8 Å². The summed E-state index contributed by atoms with van der Waals surface area (Å²) >= 11 is 0. The topological polar surface area (TPSA) is 47.1 Å². The molecule has 0 aliphatic heterocycles. The van der Waals surface area contributed by atoms with E-state index >= 15 is 0 Å². The van der Waals surface area contributed by atoms with Crippen molar-refractivity contribution >= 4 is 6.09 Å². The first-order valence-electron chi connectivity index (χ1n) is 12.2. The van der Waals surface area contributed by atoms with Crippen LogP contribution in [0.5, 0.6) is 0 Å². The number of ether oxygens (including phenoxy) is 1. The molecule has 1 aromatic heterocycles. The SMILES string of the molecule is CCCCCCCCCCCCCC[n+]1ccn(CCOC(=O)NCCCC)c1.[Br-]. The van der Waals surface area contributed by atoms with Crippen molar-refractivity contribution < 1.29 is 31.1 Å². The lowest BCUT2D eigenvalue weighted by Gasteiger charge is -2.04. The molecule has 0 saturated heterocycles. The minimum absolute atomic E-state index is 0. The number of rotatable bonds is 19. The second kappa shape index (κ2) is 21.2. The Kier molecular flexibility index (Phi) is 20.5. The minimum Gasteiger partial charge on any atom is -1.00 e. The first kappa shape index (κ1) is 29.0. The van der Waals surface area contributed by atoms with Gasteiger partial charge in [0, 0.05) is 6.54 Å². The fourth-order valence-corrected chi connectivity index (χ4v) is 3.50. The molecule has 1 amide bonds. The maximum absolute atomic E-state index is 11.5. The van der Waals surface area contributed by atoms with Gasteiger partial charge >= 0.3 is 6.09 Å². The second-order valence-corrected chi connectivity index (χ2v) is 8.19. The van der Waals surface area contributed by atoms with E-state index in [1.807, 2.05) is 0 Å². The minimum atomic E-state index is -0.310. The van der Waals surface area contributed by atoms with Crippen molar-refractivity contribution in [3.63, 3.8) is 0 Å². The van der Waals surface area contributed by atoms with Crippen molar-refractivity contribution in [3.8, 4) is 0 Å². The number of halogens is 1. The zero-order chi connectivity index (χ0) is 21.0. The van der Waals surface area contributed by atoms with E-state index in [0.717, 1.165) is 19.4 Å². The molecule has 0 atom stereocenters. The molecule has 0 aliphatic rings. The Morgan fingerprint density at radius 1 is 0.867 bits per heavy atom. The number of nitrogens with zero attached hydrogens (tertiary/aromatic N) is 2. The first-order chi connectivity index (χ1) is 14.3. The number of aryl methyl sites for hydroxylation is 1. The van der Waals surface area contributed by atoms with Crippen LogP contribution in [0.4, 0.5) is 4.79 Å². The molecule has 0 saturated carbocycles. The smallest absolute Gasteiger partial charge is 0.407 e. The van der Waals surface area contributed by atoms with Crippen molar-refractivity contribution in [2.75, 3.05) is 13.2 Å². The summed E-state index contributed by atoms with van der Waals surface area (Å²) in [5.41, 5.74) is 0. The number of alkyl carbamates (subject to hydrolysis) is 1. The van der Waals surface area contributed by atoms with Gasteiger partial charge in [-0.1, -0.05) is 84.5 Å². The summed E-state index contributed by atoms with van der Waals surface area (Å²) in [5.74, 6) is 0. The molecule has 1 N–H and O–H groups in total. The quantitative estimate of drug-likeness (QED) is 0.240. The summed E-state index contributed by atoms with van der Waals surface area (Å²) in [6.07, 6.45) is 24.6. The van der Waals surface area contributed by atoms with Crippen LogP contribution in [0.1, 0.15) is 104 Å². The lowest BCUT2D eigenvalue weighted by molar-refractivity contribution is -0.696. The number of unbranched alkanes of at least 4 members (excludes halogenated alkanes) is 12. The van der Waals surface area contributed by atoms with Crippen molar-refractivity contribution in [1.29, 1.82) is 0 Å². The average Bonchev–Trinajstić information content (AvgIpc) is 3.16. The average molecular weight is 489 g/mol. The highest BCUT2D eigenvalue weighted by atomic mass is 79.9. The van der Waals surface area contributed by atoms with Gasteiger partial charge in [0.15, 0.2) is 0 Å². The predicted octanol–water partition coefficient (Wildman–Crippen LogP) is 3.01. The van der Waals surface area contributed by atoms with Crippen LogP contribution >= 0.6 is 0 Å². The number of imidazole rings is 1. The third-order valence-corrected chi connectivity index (χ3v) is 5.40. The van der Waals surface area contributed by atoms with E-state index in [1.54, 1.807) is 0 Å². The van der Waals surface area contributed by atoms with Gasteiger partial charge in [-0.2, -0.15) is 0 Å². The van der Waals surface area contributed by atoms with Gasteiger partial charge in [0.05, 0.1) is 6.54 Å². The van der Waals surface area contributed by atoms with Crippen molar-refractivity contribution in [2.45, 2.75) is 117 Å². The third kappa shape index (κ3) is 16.7. The predicted molar refractivity (Wildman–Crippen MR) is 120 cm³/mol. The molecule has 0 aliphatic carbocycles. The monoisotopic (exact) mass is 487 g/mol. The molecule has 0 bridgehead atoms. The van der Waals surface area contributed by atoms with Gasteiger partial charge in [0.25, 0.3) is 0 Å². The summed E-state index contributed by atoms with van der Waals surface area (Å²) in [5, 5.41) is 2.77. The van der Waals surface area contributed by atoms with E-state index in [1.165, 1.54) is 77.0 Å². The lowest BCUT2D eigenvalue weighted by Crippen LogP contribution is -3.00. The zero-order valence-electron chi connectivity index (χ0n) is 19.5. The summed E-state index contributed by atoms with van der Waals surface area (Å²) in [4.78, 5) is 11.5. The summed E-state index contributed by atoms with van der Waals surface area (Å²) < 4.78 is 9.52. The molecule has 0 radical (unpaired) electrons. The first-order valence-corrected chi connectivity index (χ1v) is 12.2. The maximum atomic E-state index is 11.5. The Morgan fingerprint density at radius 2 is 1.43 bits per heavy atom. The Bertz CT molecular complexity index is 508. The van der Waals surface area contributed by atoms with E-state index in [-0.39, 0.29) is 23.1 Å². The maximum Gasteiger partial charge on any atom is 0.407 e. The van der Waals surface area contributed by atoms with Gasteiger partial charge in [-0.15, -0.1) is 0 Å². The molecule has 0 aromatic carbocycles. The fourth-order valence-electron chi connectivity index (χ4n) is 3.50. The van der Waals surface area contributed by atoms with E-state index < -0.39 is 0 Å². The number of carbonyl (C=O) groups is 1. The molecule has 1 rings (SSSR count). The molecule has 1 aromatic rings. The van der Waals surface area contributed by atoms with Crippen LogP contribution < -0.4 is 26.9 Å². The number of hydrogen-bond donors (Lipinski definition) is 1. The molecule has 30 heavy (non-hydrogen) atoms. The fraction of sp³-hybridized carbons (Fsp3) is 0.833. The highest BCUT2D eigenvalue weighted by molar-refractivity contribution is 5.66. The van der Waals surface area contributed by atoms with Gasteiger partial charge in [-0.3, -0.25) is 0 Å². The van der Waals surface area contributed by atoms with Crippen molar-refractivity contribution in [2.24, 2.45) is 0 Å². The number of nitrogens with one attached hydrogen (secondary N) is 1. The molecule has 0 fully saturated rings. The molecule has 0 unspecified atom stereocenters. The Labute approximate surface area is 195 Å². The van der Waals surface area contributed by atoms with Crippen LogP contribution in [0.15, 0.2) is 18.7 Å². The van der Waals surface area contributed by atoms with Gasteiger partial charge in [-0.25, -0.2) is 13.9 Å². The largest absolute Gasteiger partial charge is 1.00 e. The Hall–Kier alpha value is -1.04. The van der Waals surface area contributed by atoms with Crippen LogP contribution in [0, 0.1) is 0 Å². The van der Waals surface area contributed by atoms with Gasteiger partial charge in [-0.05, 0) is 19.3 Å². The number of hydrogen-bond acceptors (Lipinski definition) is 2. The van der Waals surface area contributed by atoms with Crippen molar-refractivity contribution in [3.05, 3.63) is 18.7 Å². The number of carbonyl (C=O) groups excluding carboxylic acids is 1. The molecule has 5 nitrogen and oxygen atoms in total. The van der Waals surface area contributed by atoms with Crippen LogP contribution in [0.3, 0.4) is 0 Å². The van der Waals surface area contributed by atoms with E-state index in [2.05, 4.69) is 47.0 Å². The van der Waals surface area contributed by atoms with E-state index in [0.29, 0.717) is 19.7 Å². The van der Waals surface area contributed by atoms with Gasteiger partial charge in [0.1, 0.15) is 25.5 Å². The molecule has 6 heteroatoms. The highest BCUT2D eigenvalue weighted by Crippen LogP contribution is 2.11. The second-order valence-electron chi connectivity index (χ2n) is 8.19. The molecule has 0 spiro atoms. The summed E-state index contributed by atoms with van der Waals surface area (Å²) in [7, 11) is 0. The molecular formula is C24H46BrN3O2. The normalized spacial score (nSPS) is 10.6. The van der Waals surface area contributed by atoms with Crippen LogP contribution in [0.25, 0.3) is 0 Å². The molecule has 1 heterocycles. The number of amides is 1. The molecular weight excluding hydrogens is 442 g/mol. The standard InChI is InChI=1S/C24H45N3O2.BrH/c1-3-5-7-8-9-10-11-12-13-14-15-16-18-26-19-20-27(23-26)21-22-29-24(28)25-17-6-4-2;/h19-20,23H,3-18,21-22H2,1-2H3;1H. The van der Waals surface area contributed by atoms with Gasteiger partial charge < -0.3 is 27.0 Å². The molecule has 176 valence electrons.